The van der Waals surface area contributed by atoms with Crippen LogP contribution in [0.25, 0.3) is 0 Å². The summed E-state index contributed by atoms with van der Waals surface area (Å²) in [7, 11) is 0. The van der Waals surface area contributed by atoms with E-state index in [0.717, 1.165) is 0 Å². The SMILES string of the molecule is CC(C)C(O)CCNC(=O)c1ccccc1NC(=O)c1ccsc1. The monoisotopic (exact) mass is 346 g/mol. The molecule has 2 rings (SSSR count). The van der Waals surface area contributed by atoms with Crippen LogP contribution in [0.2, 0.25) is 0 Å². The van der Waals surface area contributed by atoms with E-state index in [1.165, 1.54) is 11.3 Å². The summed E-state index contributed by atoms with van der Waals surface area (Å²) in [6.07, 6.45) is 0.0474. The molecule has 6 heteroatoms. The number of thiophene rings is 1. The maximum Gasteiger partial charge on any atom is 0.256 e. The Morgan fingerprint density at radius 1 is 1.17 bits per heavy atom. The molecule has 2 amide bonds. The van der Waals surface area contributed by atoms with Gasteiger partial charge in [0.15, 0.2) is 0 Å². The Morgan fingerprint density at radius 2 is 1.92 bits per heavy atom. The zero-order chi connectivity index (χ0) is 17.5. The normalized spacial score (nSPS) is 12.0. The van der Waals surface area contributed by atoms with Crippen molar-refractivity contribution in [3.8, 4) is 0 Å². The number of carbonyl (C=O) groups is 2. The van der Waals surface area contributed by atoms with Crippen molar-refractivity contribution in [2.75, 3.05) is 11.9 Å². The first kappa shape index (κ1) is 18.2. The average Bonchev–Trinajstić information content (AvgIpc) is 3.09. The summed E-state index contributed by atoms with van der Waals surface area (Å²) in [5, 5.41) is 18.9. The first-order valence-electron chi connectivity index (χ1n) is 7.88. The van der Waals surface area contributed by atoms with E-state index in [0.29, 0.717) is 29.8 Å². The predicted molar refractivity (Wildman–Crippen MR) is 96.5 cm³/mol. The Kier molecular flexibility index (Phi) is 6.52. The molecule has 0 aliphatic rings. The molecule has 1 atom stereocenters. The summed E-state index contributed by atoms with van der Waals surface area (Å²) >= 11 is 1.44. The second-order valence-corrected chi connectivity index (χ2v) is 6.65. The highest BCUT2D eigenvalue weighted by Crippen LogP contribution is 2.17. The van der Waals surface area contributed by atoms with Gasteiger partial charge in [-0.1, -0.05) is 26.0 Å². The van der Waals surface area contributed by atoms with E-state index < -0.39 is 6.10 Å². The lowest BCUT2D eigenvalue weighted by atomic mass is 10.0. The number of aliphatic hydroxyl groups is 1. The smallest absolute Gasteiger partial charge is 0.256 e. The number of aliphatic hydroxyl groups excluding tert-OH is 1. The first-order chi connectivity index (χ1) is 11.5. The third-order valence-corrected chi connectivity index (χ3v) is 4.38. The molecule has 24 heavy (non-hydrogen) atoms. The quantitative estimate of drug-likeness (QED) is 0.721. The second-order valence-electron chi connectivity index (χ2n) is 5.87. The van der Waals surface area contributed by atoms with Gasteiger partial charge in [-0.3, -0.25) is 9.59 Å². The van der Waals surface area contributed by atoms with Gasteiger partial charge in [-0.25, -0.2) is 0 Å². The Bertz CT molecular complexity index is 683. The van der Waals surface area contributed by atoms with Crippen molar-refractivity contribution >= 4 is 28.8 Å². The second kappa shape index (κ2) is 8.61. The van der Waals surface area contributed by atoms with Crippen LogP contribution < -0.4 is 10.6 Å². The van der Waals surface area contributed by atoms with E-state index in [-0.39, 0.29) is 17.7 Å². The topological polar surface area (TPSA) is 78.4 Å². The van der Waals surface area contributed by atoms with Gasteiger partial charge >= 0.3 is 0 Å². The van der Waals surface area contributed by atoms with Gasteiger partial charge < -0.3 is 15.7 Å². The fourth-order valence-electron chi connectivity index (χ4n) is 2.14. The molecule has 0 aliphatic carbocycles. The number of amides is 2. The van der Waals surface area contributed by atoms with Crippen LogP contribution >= 0.6 is 11.3 Å². The molecular formula is C18H22N2O3S. The number of para-hydroxylation sites is 1. The van der Waals surface area contributed by atoms with Crippen molar-refractivity contribution in [2.45, 2.75) is 26.4 Å². The molecule has 0 radical (unpaired) electrons. The van der Waals surface area contributed by atoms with Crippen LogP contribution in [0.5, 0.6) is 0 Å². The molecule has 1 aromatic heterocycles. The van der Waals surface area contributed by atoms with Crippen molar-refractivity contribution in [1.82, 2.24) is 5.32 Å². The number of hydrogen-bond donors (Lipinski definition) is 3. The van der Waals surface area contributed by atoms with Crippen molar-refractivity contribution in [3.63, 3.8) is 0 Å². The zero-order valence-electron chi connectivity index (χ0n) is 13.8. The van der Waals surface area contributed by atoms with Gasteiger partial charge in [0.2, 0.25) is 0 Å². The van der Waals surface area contributed by atoms with Gasteiger partial charge in [0, 0.05) is 11.9 Å². The van der Waals surface area contributed by atoms with Crippen LogP contribution in [-0.2, 0) is 0 Å². The molecule has 1 aromatic carbocycles. The van der Waals surface area contributed by atoms with E-state index >= 15 is 0 Å². The van der Waals surface area contributed by atoms with Gasteiger partial charge in [0.25, 0.3) is 11.8 Å². The predicted octanol–water partition coefficient (Wildman–Crippen LogP) is 3.14. The van der Waals surface area contributed by atoms with E-state index in [4.69, 9.17) is 0 Å². The van der Waals surface area contributed by atoms with Gasteiger partial charge in [0.05, 0.1) is 22.9 Å². The van der Waals surface area contributed by atoms with E-state index in [9.17, 15) is 14.7 Å². The summed E-state index contributed by atoms with van der Waals surface area (Å²) in [5.41, 5.74) is 1.44. The lowest BCUT2D eigenvalue weighted by molar-refractivity contribution is 0.0921. The Labute approximate surface area is 145 Å². The largest absolute Gasteiger partial charge is 0.393 e. The first-order valence-corrected chi connectivity index (χ1v) is 8.82. The maximum absolute atomic E-state index is 12.3. The molecule has 0 aliphatic heterocycles. The van der Waals surface area contributed by atoms with E-state index in [2.05, 4.69) is 10.6 Å². The van der Waals surface area contributed by atoms with Crippen LogP contribution in [0.3, 0.4) is 0 Å². The Morgan fingerprint density at radius 3 is 2.58 bits per heavy atom. The minimum absolute atomic E-state index is 0.152. The van der Waals surface area contributed by atoms with E-state index in [1.807, 2.05) is 19.2 Å². The van der Waals surface area contributed by atoms with Crippen molar-refractivity contribution in [1.29, 1.82) is 0 Å². The van der Waals surface area contributed by atoms with Gasteiger partial charge in [-0.15, -0.1) is 0 Å². The molecule has 3 N–H and O–H groups in total. The fraction of sp³-hybridized carbons (Fsp3) is 0.333. The summed E-state index contributed by atoms with van der Waals surface area (Å²) in [4.78, 5) is 24.5. The third-order valence-electron chi connectivity index (χ3n) is 3.70. The summed E-state index contributed by atoms with van der Waals surface area (Å²) in [6.45, 7) is 4.24. The molecular weight excluding hydrogens is 324 g/mol. The third kappa shape index (κ3) is 4.91. The average molecular weight is 346 g/mol. The molecule has 0 saturated heterocycles. The van der Waals surface area contributed by atoms with Crippen molar-refractivity contribution < 1.29 is 14.7 Å². The summed E-state index contributed by atoms with van der Waals surface area (Å²) in [5.74, 6) is -0.363. The van der Waals surface area contributed by atoms with Crippen LogP contribution in [0.1, 0.15) is 41.0 Å². The van der Waals surface area contributed by atoms with Gasteiger partial charge in [0.1, 0.15) is 0 Å². The van der Waals surface area contributed by atoms with Crippen molar-refractivity contribution in [3.05, 3.63) is 52.2 Å². The molecule has 0 fully saturated rings. The molecule has 0 spiro atoms. The Hall–Kier alpha value is -2.18. The number of carbonyl (C=O) groups excluding carboxylic acids is 2. The molecule has 1 heterocycles. The molecule has 0 saturated carbocycles. The van der Waals surface area contributed by atoms with Crippen LogP contribution in [-0.4, -0.2) is 29.6 Å². The molecule has 5 nitrogen and oxygen atoms in total. The number of rotatable bonds is 7. The van der Waals surface area contributed by atoms with Crippen LogP contribution in [0.4, 0.5) is 5.69 Å². The molecule has 0 bridgehead atoms. The lowest BCUT2D eigenvalue weighted by Gasteiger charge is -2.15. The molecule has 1 unspecified atom stereocenters. The zero-order valence-corrected chi connectivity index (χ0v) is 14.6. The van der Waals surface area contributed by atoms with Gasteiger partial charge in [-0.2, -0.15) is 11.3 Å². The molecule has 128 valence electrons. The van der Waals surface area contributed by atoms with Crippen molar-refractivity contribution in [2.24, 2.45) is 5.92 Å². The standard InChI is InChI=1S/C18H22N2O3S/c1-12(2)16(21)7-9-19-18(23)14-5-3-4-6-15(14)20-17(22)13-8-10-24-11-13/h3-6,8,10-12,16,21H,7,9H2,1-2H3,(H,19,23)(H,20,22). The van der Waals surface area contributed by atoms with Gasteiger partial charge in [-0.05, 0) is 35.9 Å². The molecule has 2 aromatic rings. The summed E-state index contributed by atoms with van der Waals surface area (Å²) in [6, 6.07) is 8.61. The number of benzene rings is 1. The minimum Gasteiger partial charge on any atom is -0.393 e. The highest BCUT2D eigenvalue weighted by Gasteiger charge is 2.15. The van der Waals surface area contributed by atoms with Crippen LogP contribution in [0, 0.1) is 5.92 Å². The van der Waals surface area contributed by atoms with Crippen LogP contribution in [0.15, 0.2) is 41.1 Å². The highest BCUT2D eigenvalue weighted by atomic mass is 32.1. The Balaban J connectivity index is 2.00. The number of nitrogens with one attached hydrogen (secondary N) is 2. The maximum atomic E-state index is 12.3. The van der Waals surface area contributed by atoms with E-state index in [1.54, 1.807) is 35.7 Å². The number of hydrogen-bond acceptors (Lipinski definition) is 4. The highest BCUT2D eigenvalue weighted by molar-refractivity contribution is 7.08. The minimum atomic E-state index is -0.446. The summed E-state index contributed by atoms with van der Waals surface area (Å²) < 4.78 is 0. The lowest BCUT2D eigenvalue weighted by Crippen LogP contribution is -2.29. The fourth-order valence-corrected chi connectivity index (χ4v) is 2.78. The number of anilines is 1.